The normalized spacial score (nSPS) is 41.8. The van der Waals surface area contributed by atoms with Gasteiger partial charge in [0, 0.05) is 51.9 Å². The Balaban J connectivity index is 1.05. The van der Waals surface area contributed by atoms with E-state index >= 15 is 0 Å². The van der Waals surface area contributed by atoms with Crippen molar-refractivity contribution in [2.45, 2.75) is 38.1 Å². The minimum Gasteiger partial charge on any atom is -0.335 e. The van der Waals surface area contributed by atoms with Crippen molar-refractivity contribution in [1.29, 1.82) is 0 Å². The van der Waals surface area contributed by atoms with Crippen LogP contribution in [0.15, 0.2) is 0 Å². The summed E-state index contributed by atoms with van der Waals surface area (Å²) in [6.07, 6.45) is 6.68. The predicted molar refractivity (Wildman–Crippen MR) is 98.4 cm³/mol. The van der Waals surface area contributed by atoms with E-state index in [1.54, 1.807) is 0 Å². The van der Waals surface area contributed by atoms with Gasteiger partial charge in [-0.2, -0.15) is 0 Å². The summed E-state index contributed by atoms with van der Waals surface area (Å²) in [5.74, 6) is 4.35. The maximum absolute atomic E-state index is 12.6. The fourth-order valence-electron chi connectivity index (χ4n) is 6.47. The van der Waals surface area contributed by atoms with Gasteiger partial charge in [0.05, 0.1) is 0 Å². The van der Waals surface area contributed by atoms with Gasteiger partial charge in [-0.15, -0.1) is 0 Å². The van der Waals surface area contributed by atoms with Crippen LogP contribution >= 0.6 is 0 Å². The standard InChI is InChI=1S/C20H34N4O/c1-22-8-10-23(11-9-22)13-14-4-6-24(7-5-14)20(25)21-19-17-15-2-3-16(12-15)18(17)19/h14-19H,2-13H2,1H3,(H,21,25)/t15-,16-,17+,18+/m0/s1. The van der Waals surface area contributed by atoms with Crippen molar-refractivity contribution >= 4 is 6.03 Å². The molecule has 5 heteroatoms. The predicted octanol–water partition coefficient (Wildman–Crippen LogP) is 1.70. The average molecular weight is 347 g/mol. The van der Waals surface area contributed by atoms with E-state index in [0.29, 0.717) is 6.04 Å². The fraction of sp³-hybridized carbons (Fsp3) is 0.950. The molecular formula is C20H34N4O. The highest BCUT2D eigenvalue weighted by Gasteiger charge is 2.65. The third-order valence-electron chi connectivity index (χ3n) is 8.04. The number of nitrogens with zero attached hydrogens (tertiary/aromatic N) is 3. The maximum Gasteiger partial charge on any atom is 0.317 e. The summed E-state index contributed by atoms with van der Waals surface area (Å²) in [7, 11) is 2.22. The first-order valence-electron chi connectivity index (χ1n) is 10.7. The Bertz CT molecular complexity index is 494. The van der Waals surface area contributed by atoms with E-state index in [-0.39, 0.29) is 6.03 Å². The molecule has 5 rings (SSSR count). The summed E-state index contributed by atoms with van der Waals surface area (Å²) >= 11 is 0. The molecule has 3 saturated carbocycles. The molecule has 0 unspecified atom stereocenters. The highest BCUT2D eigenvalue weighted by molar-refractivity contribution is 5.75. The van der Waals surface area contributed by atoms with Gasteiger partial charge in [0.25, 0.3) is 0 Å². The number of carbonyl (C=O) groups excluding carboxylic acids is 1. The van der Waals surface area contributed by atoms with Crippen molar-refractivity contribution in [3.05, 3.63) is 0 Å². The number of piperazine rings is 1. The van der Waals surface area contributed by atoms with Crippen molar-refractivity contribution in [2.24, 2.45) is 29.6 Å². The first kappa shape index (κ1) is 16.4. The molecule has 0 aromatic heterocycles. The summed E-state index contributed by atoms with van der Waals surface area (Å²) < 4.78 is 0. The largest absolute Gasteiger partial charge is 0.335 e. The number of hydrogen-bond acceptors (Lipinski definition) is 3. The first-order valence-corrected chi connectivity index (χ1v) is 10.7. The molecule has 4 atom stereocenters. The molecule has 0 radical (unpaired) electrons. The lowest BCUT2D eigenvalue weighted by molar-refractivity contribution is 0.110. The Hall–Kier alpha value is -0.810. The Kier molecular flexibility index (Phi) is 4.20. The lowest BCUT2D eigenvalue weighted by Gasteiger charge is -2.38. The Morgan fingerprint density at radius 3 is 2.20 bits per heavy atom. The van der Waals surface area contributed by atoms with E-state index in [0.717, 1.165) is 42.7 Å². The van der Waals surface area contributed by atoms with Crippen molar-refractivity contribution in [3.8, 4) is 0 Å². The minimum absolute atomic E-state index is 0.233. The number of hydrogen-bond donors (Lipinski definition) is 1. The molecule has 5 aliphatic rings. The molecule has 2 heterocycles. The van der Waals surface area contributed by atoms with Gasteiger partial charge in [0.1, 0.15) is 0 Å². The molecule has 0 aromatic rings. The Morgan fingerprint density at radius 1 is 0.920 bits per heavy atom. The van der Waals surface area contributed by atoms with E-state index in [4.69, 9.17) is 0 Å². The zero-order chi connectivity index (χ0) is 17.0. The van der Waals surface area contributed by atoms with Crippen molar-refractivity contribution in [2.75, 3.05) is 52.9 Å². The topological polar surface area (TPSA) is 38.8 Å². The van der Waals surface area contributed by atoms with Crippen molar-refractivity contribution in [3.63, 3.8) is 0 Å². The first-order chi connectivity index (χ1) is 12.2. The number of nitrogens with one attached hydrogen (secondary N) is 1. The second-order valence-corrected chi connectivity index (χ2v) is 9.50. The molecule has 3 aliphatic carbocycles. The van der Waals surface area contributed by atoms with Gasteiger partial charge in [-0.25, -0.2) is 4.79 Å². The zero-order valence-corrected chi connectivity index (χ0v) is 15.7. The van der Waals surface area contributed by atoms with Gasteiger partial charge in [-0.05, 0) is 68.7 Å². The number of likely N-dealkylation sites (tertiary alicyclic amines) is 1. The number of urea groups is 1. The zero-order valence-electron chi connectivity index (χ0n) is 15.7. The molecule has 2 amide bonds. The summed E-state index contributed by atoms with van der Waals surface area (Å²) in [5.41, 5.74) is 0. The van der Waals surface area contributed by atoms with Gasteiger partial charge in [-0.3, -0.25) is 0 Å². The van der Waals surface area contributed by atoms with Crippen LogP contribution in [0.1, 0.15) is 32.1 Å². The van der Waals surface area contributed by atoms with Gasteiger partial charge < -0.3 is 20.0 Å². The Labute approximate surface area is 152 Å². The number of likely N-dealkylation sites (N-methyl/N-ethyl adjacent to an activating group) is 1. The van der Waals surface area contributed by atoms with Crippen LogP contribution in [-0.4, -0.2) is 79.6 Å². The summed E-state index contributed by atoms with van der Waals surface area (Å²) in [4.78, 5) is 19.8. The maximum atomic E-state index is 12.6. The molecule has 2 aliphatic heterocycles. The summed E-state index contributed by atoms with van der Waals surface area (Å²) in [6.45, 7) is 7.98. The van der Waals surface area contributed by atoms with Gasteiger partial charge in [0.15, 0.2) is 0 Å². The van der Waals surface area contributed by atoms with Crippen LogP contribution in [-0.2, 0) is 0 Å². The number of amides is 2. The van der Waals surface area contributed by atoms with Crippen LogP contribution in [0.5, 0.6) is 0 Å². The summed E-state index contributed by atoms with van der Waals surface area (Å²) in [6, 6.07) is 0.763. The number of rotatable bonds is 3. The lowest BCUT2D eigenvalue weighted by Crippen LogP contribution is -2.49. The highest BCUT2D eigenvalue weighted by Crippen LogP contribution is 2.65. The van der Waals surface area contributed by atoms with Gasteiger partial charge in [-0.1, -0.05) is 0 Å². The van der Waals surface area contributed by atoms with Crippen LogP contribution in [0, 0.1) is 29.6 Å². The van der Waals surface area contributed by atoms with E-state index in [1.165, 1.54) is 64.8 Å². The monoisotopic (exact) mass is 346 g/mol. The highest BCUT2D eigenvalue weighted by atomic mass is 16.2. The summed E-state index contributed by atoms with van der Waals surface area (Å²) in [5, 5.41) is 3.40. The van der Waals surface area contributed by atoms with E-state index in [1.807, 2.05) is 0 Å². The third kappa shape index (κ3) is 3.08. The molecule has 2 saturated heterocycles. The molecule has 5 nitrogen and oxygen atoms in total. The van der Waals surface area contributed by atoms with E-state index in [9.17, 15) is 4.79 Å². The molecule has 0 spiro atoms. The quantitative estimate of drug-likeness (QED) is 0.845. The van der Waals surface area contributed by atoms with Gasteiger partial charge >= 0.3 is 6.03 Å². The molecule has 0 aromatic carbocycles. The minimum atomic E-state index is 0.233. The van der Waals surface area contributed by atoms with E-state index in [2.05, 4.69) is 27.1 Å². The second-order valence-electron chi connectivity index (χ2n) is 9.50. The number of piperidine rings is 1. The van der Waals surface area contributed by atoms with Crippen molar-refractivity contribution in [1.82, 2.24) is 20.0 Å². The van der Waals surface area contributed by atoms with Crippen LogP contribution in [0.4, 0.5) is 4.79 Å². The Morgan fingerprint density at radius 2 is 1.56 bits per heavy atom. The average Bonchev–Trinajstić information content (AvgIpc) is 3.00. The van der Waals surface area contributed by atoms with Crippen LogP contribution in [0.25, 0.3) is 0 Å². The van der Waals surface area contributed by atoms with Crippen molar-refractivity contribution < 1.29 is 4.79 Å². The van der Waals surface area contributed by atoms with E-state index < -0.39 is 0 Å². The SMILES string of the molecule is CN1CCN(CC2CCN(C(=O)NC3[C@@H]4[C@H]5CC[C@@H](C5)[C@@H]34)CC2)CC1. The molecular weight excluding hydrogens is 312 g/mol. The fourth-order valence-corrected chi connectivity index (χ4v) is 6.47. The molecule has 1 N–H and O–H groups in total. The van der Waals surface area contributed by atoms with Crippen LogP contribution < -0.4 is 5.32 Å². The molecule has 140 valence electrons. The third-order valence-corrected chi connectivity index (χ3v) is 8.04. The van der Waals surface area contributed by atoms with Crippen LogP contribution in [0.2, 0.25) is 0 Å². The molecule has 2 bridgehead atoms. The second kappa shape index (κ2) is 6.41. The number of carbonyl (C=O) groups is 1. The number of fused-ring (bicyclic) bond motifs is 5. The van der Waals surface area contributed by atoms with Crippen LogP contribution in [0.3, 0.4) is 0 Å². The molecule has 5 fully saturated rings. The smallest absolute Gasteiger partial charge is 0.317 e. The molecule has 25 heavy (non-hydrogen) atoms. The lowest BCUT2D eigenvalue weighted by atomic mass is 9.96. The van der Waals surface area contributed by atoms with Gasteiger partial charge in [0.2, 0.25) is 0 Å².